The van der Waals surface area contributed by atoms with Crippen LogP contribution >= 0.6 is 0 Å². The number of aromatic amines is 1. The van der Waals surface area contributed by atoms with Gasteiger partial charge in [-0.25, -0.2) is 14.8 Å². The van der Waals surface area contributed by atoms with Crippen LogP contribution in [0, 0.1) is 11.3 Å². The van der Waals surface area contributed by atoms with Crippen molar-refractivity contribution in [3.8, 4) is 12.0 Å². The highest BCUT2D eigenvalue weighted by molar-refractivity contribution is 5.79. The summed E-state index contributed by atoms with van der Waals surface area (Å²) in [5.41, 5.74) is 3.64. The first-order chi connectivity index (χ1) is 14.2. The van der Waals surface area contributed by atoms with Crippen molar-refractivity contribution in [3.63, 3.8) is 0 Å². The molecule has 0 aliphatic rings. The van der Waals surface area contributed by atoms with E-state index in [-0.39, 0.29) is 11.7 Å². The van der Waals surface area contributed by atoms with Crippen LogP contribution in [-0.4, -0.2) is 34.1 Å². The SMILES string of the molecule is CC(c1cccnc1)n1c(=O)[nH]c2cnc(-n3cnc4cc(C#N)ccc43)nc21. The van der Waals surface area contributed by atoms with Gasteiger partial charge in [0.15, 0.2) is 5.65 Å². The number of fused-ring (bicyclic) bond motifs is 2. The largest absolute Gasteiger partial charge is 0.328 e. The first kappa shape index (κ1) is 16.8. The summed E-state index contributed by atoms with van der Waals surface area (Å²) in [5.74, 6) is 0.385. The van der Waals surface area contributed by atoms with Gasteiger partial charge in [0, 0.05) is 12.4 Å². The highest BCUT2D eigenvalue weighted by atomic mass is 16.1. The van der Waals surface area contributed by atoms with Crippen molar-refractivity contribution >= 4 is 22.2 Å². The van der Waals surface area contributed by atoms with Crippen molar-refractivity contribution in [1.29, 1.82) is 5.26 Å². The van der Waals surface area contributed by atoms with Crippen molar-refractivity contribution in [2.24, 2.45) is 0 Å². The number of pyridine rings is 1. The standard InChI is InChI=1S/C20H14N8O/c1-12(14-3-2-6-22-9-14)28-18-16(25-20(28)29)10-23-19(26-18)27-11-24-15-7-13(8-21)4-5-17(15)27/h2-7,9-12H,1H3,(H,25,29). The summed E-state index contributed by atoms with van der Waals surface area (Å²) in [6, 6.07) is 10.8. The Morgan fingerprint density at radius 2 is 2.10 bits per heavy atom. The summed E-state index contributed by atoms with van der Waals surface area (Å²) in [4.78, 5) is 32.9. The van der Waals surface area contributed by atoms with Crippen molar-refractivity contribution in [2.45, 2.75) is 13.0 Å². The normalized spacial score (nSPS) is 12.3. The zero-order valence-electron chi connectivity index (χ0n) is 15.3. The zero-order chi connectivity index (χ0) is 20.0. The third-order valence-corrected chi connectivity index (χ3v) is 4.89. The zero-order valence-corrected chi connectivity index (χ0v) is 15.3. The van der Waals surface area contributed by atoms with Gasteiger partial charge in [-0.2, -0.15) is 10.2 Å². The summed E-state index contributed by atoms with van der Waals surface area (Å²) in [6.07, 6.45) is 6.61. The average molecular weight is 382 g/mol. The van der Waals surface area contributed by atoms with Gasteiger partial charge in [-0.15, -0.1) is 0 Å². The molecule has 4 aromatic heterocycles. The highest BCUT2D eigenvalue weighted by Gasteiger charge is 2.18. The Hall–Kier alpha value is -4.32. The second-order valence-electron chi connectivity index (χ2n) is 6.60. The third-order valence-electron chi connectivity index (χ3n) is 4.89. The third kappa shape index (κ3) is 2.66. The van der Waals surface area contributed by atoms with Gasteiger partial charge < -0.3 is 4.98 Å². The van der Waals surface area contributed by atoms with Crippen LogP contribution in [0.2, 0.25) is 0 Å². The summed E-state index contributed by atoms with van der Waals surface area (Å²) in [6.45, 7) is 1.92. The topological polar surface area (TPSA) is 118 Å². The minimum Gasteiger partial charge on any atom is -0.303 e. The fraction of sp³-hybridized carbons (Fsp3) is 0.100. The molecule has 1 N–H and O–H groups in total. The number of hydrogen-bond donors (Lipinski definition) is 1. The van der Waals surface area contributed by atoms with Gasteiger partial charge in [-0.05, 0) is 36.8 Å². The molecule has 140 valence electrons. The molecule has 29 heavy (non-hydrogen) atoms. The Morgan fingerprint density at radius 3 is 2.90 bits per heavy atom. The van der Waals surface area contributed by atoms with Gasteiger partial charge in [0.1, 0.15) is 11.8 Å². The lowest BCUT2D eigenvalue weighted by Gasteiger charge is -2.13. The molecule has 5 aromatic rings. The first-order valence-corrected chi connectivity index (χ1v) is 8.90. The van der Waals surface area contributed by atoms with E-state index >= 15 is 0 Å². The molecule has 0 aliphatic carbocycles. The number of H-pyrrole nitrogens is 1. The number of hydrogen-bond acceptors (Lipinski definition) is 6. The van der Waals surface area contributed by atoms with E-state index < -0.39 is 0 Å². The minimum atomic E-state index is -0.267. The van der Waals surface area contributed by atoms with E-state index in [4.69, 9.17) is 5.26 Å². The monoisotopic (exact) mass is 382 g/mol. The Bertz CT molecular complexity index is 1460. The molecule has 0 bridgehead atoms. The van der Waals surface area contributed by atoms with E-state index in [0.29, 0.717) is 28.2 Å². The lowest BCUT2D eigenvalue weighted by molar-refractivity contribution is 0.627. The summed E-state index contributed by atoms with van der Waals surface area (Å²) < 4.78 is 3.32. The van der Waals surface area contributed by atoms with Gasteiger partial charge in [0.25, 0.3) is 0 Å². The van der Waals surface area contributed by atoms with E-state index in [1.807, 2.05) is 19.1 Å². The summed E-state index contributed by atoms with van der Waals surface area (Å²) in [7, 11) is 0. The van der Waals surface area contributed by atoms with Crippen molar-refractivity contribution in [1.82, 2.24) is 34.1 Å². The van der Waals surface area contributed by atoms with Crippen LogP contribution in [0.1, 0.15) is 24.1 Å². The van der Waals surface area contributed by atoms with Crippen molar-refractivity contribution in [2.75, 3.05) is 0 Å². The quantitative estimate of drug-likeness (QED) is 0.512. The van der Waals surface area contributed by atoms with Gasteiger partial charge in [0.2, 0.25) is 5.95 Å². The van der Waals surface area contributed by atoms with E-state index in [1.165, 1.54) is 0 Å². The lowest BCUT2D eigenvalue weighted by atomic mass is 10.1. The second-order valence-corrected chi connectivity index (χ2v) is 6.60. The molecule has 1 atom stereocenters. The van der Waals surface area contributed by atoms with E-state index in [1.54, 1.807) is 52.3 Å². The van der Waals surface area contributed by atoms with Crippen LogP contribution in [0.4, 0.5) is 0 Å². The molecule has 4 heterocycles. The van der Waals surface area contributed by atoms with Crippen LogP contribution in [0.3, 0.4) is 0 Å². The number of imidazole rings is 2. The van der Waals surface area contributed by atoms with Crippen LogP contribution in [-0.2, 0) is 0 Å². The summed E-state index contributed by atoms with van der Waals surface area (Å²) >= 11 is 0. The molecule has 0 aliphatic heterocycles. The predicted molar refractivity (Wildman–Crippen MR) is 106 cm³/mol. The van der Waals surface area contributed by atoms with Gasteiger partial charge in [0.05, 0.1) is 34.9 Å². The van der Waals surface area contributed by atoms with Gasteiger partial charge in [-0.3, -0.25) is 14.1 Å². The number of nitriles is 1. The molecule has 1 unspecified atom stereocenters. The predicted octanol–water partition coefficient (Wildman–Crippen LogP) is 2.33. The van der Waals surface area contributed by atoms with E-state index in [2.05, 4.69) is 31.0 Å². The average Bonchev–Trinajstić information content (AvgIpc) is 3.32. The number of aromatic nitrogens is 7. The number of nitrogens with one attached hydrogen (secondary N) is 1. The first-order valence-electron chi connectivity index (χ1n) is 8.90. The molecular formula is C20H14N8O. The van der Waals surface area contributed by atoms with Crippen molar-refractivity contribution in [3.05, 3.63) is 76.9 Å². The molecule has 0 amide bonds. The van der Waals surface area contributed by atoms with Crippen LogP contribution < -0.4 is 5.69 Å². The molecular weight excluding hydrogens is 368 g/mol. The minimum absolute atomic E-state index is 0.259. The molecule has 9 heteroatoms. The molecule has 0 saturated heterocycles. The highest BCUT2D eigenvalue weighted by Crippen LogP contribution is 2.21. The number of benzene rings is 1. The maximum Gasteiger partial charge on any atom is 0.328 e. The maximum absolute atomic E-state index is 12.6. The van der Waals surface area contributed by atoms with Crippen molar-refractivity contribution < 1.29 is 0 Å². The van der Waals surface area contributed by atoms with Gasteiger partial charge >= 0.3 is 5.69 Å². The molecule has 1 aromatic carbocycles. The maximum atomic E-state index is 12.6. The Labute approximate surface area is 163 Å². The summed E-state index contributed by atoms with van der Waals surface area (Å²) in [5, 5.41) is 9.07. The molecule has 9 nitrogen and oxygen atoms in total. The Morgan fingerprint density at radius 1 is 1.21 bits per heavy atom. The van der Waals surface area contributed by atoms with E-state index in [9.17, 15) is 4.79 Å². The molecule has 0 spiro atoms. The van der Waals surface area contributed by atoms with Crippen LogP contribution in [0.25, 0.3) is 28.1 Å². The fourth-order valence-corrected chi connectivity index (χ4v) is 3.40. The Balaban J connectivity index is 1.68. The van der Waals surface area contributed by atoms with Gasteiger partial charge in [-0.1, -0.05) is 6.07 Å². The molecule has 0 fully saturated rings. The smallest absolute Gasteiger partial charge is 0.303 e. The number of nitrogens with zero attached hydrogens (tertiary/aromatic N) is 7. The lowest BCUT2D eigenvalue weighted by Crippen LogP contribution is -2.21. The molecule has 0 radical (unpaired) electrons. The number of rotatable bonds is 3. The second kappa shape index (κ2) is 6.38. The molecule has 0 saturated carbocycles. The van der Waals surface area contributed by atoms with Crippen LogP contribution in [0.15, 0.2) is 60.0 Å². The Kier molecular flexibility index (Phi) is 3.70. The molecule has 5 rings (SSSR count). The fourth-order valence-electron chi connectivity index (χ4n) is 3.40. The van der Waals surface area contributed by atoms with Crippen LogP contribution in [0.5, 0.6) is 0 Å². The van der Waals surface area contributed by atoms with E-state index in [0.717, 1.165) is 11.1 Å².